The van der Waals surface area contributed by atoms with Crippen LogP contribution in [0.5, 0.6) is 5.75 Å². The van der Waals surface area contributed by atoms with Crippen molar-refractivity contribution < 1.29 is 28.0 Å². The first-order valence-corrected chi connectivity index (χ1v) is 7.05. The summed E-state index contributed by atoms with van der Waals surface area (Å²) >= 11 is 0. The average Bonchev–Trinajstić information content (AvgIpc) is 2.75. The van der Waals surface area contributed by atoms with Crippen molar-refractivity contribution in [3.05, 3.63) is 29.8 Å². The number of nitrogens with one attached hydrogen (secondary N) is 3. The molecule has 1 spiro atoms. The van der Waals surface area contributed by atoms with Gasteiger partial charge in [0.05, 0.1) is 0 Å². The van der Waals surface area contributed by atoms with Crippen molar-refractivity contribution in [1.29, 1.82) is 0 Å². The second-order valence-corrected chi connectivity index (χ2v) is 5.50. The molecular formula is C14H17F3N3O2+. The summed E-state index contributed by atoms with van der Waals surface area (Å²) in [6.45, 7) is 1.47. The van der Waals surface area contributed by atoms with Crippen molar-refractivity contribution in [3.63, 3.8) is 0 Å². The molecule has 22 heavy (non-hydrogen) atoms. The van der Waals surface area contributed by atoms with Crippen LogP contribution < -0.4 is 20.4 Å². The van der Waals surface area contributed by atoms with Crippen molar-refractivity contribution in [2.24, 2.45) is 0 Å². The second-order valence-electron chi connectivity index (χ2n) is 5.50. The van der Waals surface area contributed by atoms with Crippen LogP contribution in [0.25, 0.3) is 0 Å². The lowest BCUT2D eigenvalue weighted by Gasteiger charge is -2.31. The van der Waals surface area contributed by atoms with Gasteiger partial charge in [-0.25, -0.2) is 4.99 Å². The fourth-order valence-electron chi connectivity index (χ4n) is 2.93. The van der Waals surface area contributed by atoms with Gasteiger partial charge in [0.2, 0.25) is 6.23 Å². The van der Waals surface area contributed by atoms with Crippen LogP contribution in [-0.2, 0) is 0 Å². The van der Waals surface area contributed by atoms with E-state index in [1.54, 1.807) is 6.07 Å². The number of alkyl halides is 3. The zero-order chi connectivity index (χ0) is 15.8. The van der Waals surface area contributed by atoms with E-state index in [4.69, 9.17) is 0 Å². The minimum atomic E-state index is -4.76. The molecule has 2 heterocycles. The van der Waals surface area contributed by atoms with E-state index in [1.807, 2.05) is 0 Å². The Morgan fingerprint density at radius 3 is 2.59 bits per heavy atom. The van der Waals surface area contributed by atoms with Crippen molar-refractivity contribution in [3.8, 4) is 5.75 Å². The Bertz CT molecular complexity index is 583. The molecule has 0 aromatic heterocycles. The predicted octanol–water partition coefficient (Wildman–Crippen LogP) is -0.544. The number of hydrogen-bond acceptors (Lipinski definition) is 4. The standard InChI is InChI=1S/C14H16F3N3O2/c15-14(16,17)22-10-4-2-1-3-9(10)11-19-12(21)13(20-11)5-7-18-8-6-13/h1-4,12,18,21H,5-8H2,(H,19,20)/p+1. The Morgan fingerprint density at radius 2 is 1.91 bits per heavy atom. The summed E-state index contributed by atoms with van der Waals surface area (Å²) in [5.41, 5.74) is -0.319. The largest absolute Gasteiger partial charge is 0.573 e. The molecule has 4 N–H and O–H groups in total. The molecular weight excluding hydrogens is 299 g/mol. The van der Waals surface area contributed by atoms with Gasteiger partial charge in [0.25, 0.3) is 5.84 Å². The molecule has 1 saturated heterocycles. The molecule has 0 amide bonds. The van der Waals surface area contributed by atoms with E-state index >= 15 is 0 Å². The van der Waals surface area contributed by atoms with Crippen LogP contribution in [0.4, 0.5) is 13.2 Å². The first kappa shape index (κ1) is 15.1. The van der Waals surface area contributed by atoms with Crippen molar-refractivity contribution >= 4 is 5.84 Å². The molecule has 5 nitrogen and oxygen atoms in total. The molecule has 2 aliphatic rings. The van der Waals surface area contributed by atoms with Crippen molar-refractivity contribution in [2.45, 2.75) is 31.0 Å². The highest BCUT2D eigenvalue weighted by Crippen LogP contribution is 2.28. The van der Waals surface area contributed by atoms with Gasteiger partial charge >= 0.3 is 6.36 Å². The number of aliphatic hydroxyl groups is 1. The smallest absolute Gasteiger partial charge is 0.405 e. The number of piperidine rings is 1. The lowest BCUT2D eigenvalue weighted by Crippen LogP contribution is -2.80. The molecule has 1 atom stereocenters. The van der Waals surface area contributed by atoms with Gasteiger partial charge in [-0.05, 0) is 25.2 Å². The van der Waals surface area contributed by atoms with Crippen LogP contribution in [0, 0.1) is 0 Å². The lowest BCUT2D eigenvalue weighted by atomic mass is 9.87. The SMILES string of the molecule is OC1[NH+]=C(c2ccccc2OC(F)(F)F)NC12CCNCC2. The third kappa shape index (κ3) is 2.89. The predicted molar refractivity (Wildman–Crippen MR) is 72.2 cm³/mol. The topological polar surface area (TPSA) is 67.5 Å². The Hall–Kier alpha value is -1.80. The Labute approximate surface area is 125 Å². The van der Waals surface area contributed by atoms with Gasteiger partial charge in [0.1, 0.15) is 11.3 Å². The molecule has 3 rings (SSSR count). The Morgan fingerprint density at radius 1 is 1.23 bits per heavy atom. The number of hydrogen-bond donors (Lipinski definition) is 4. The lowest BCUT2D eigenvalue weighted by molar-refractivity contribution is -0.556. The van der Waals surface area contributed by atoms with Crippen LogP contribution in [0.1, 0.15) is 18.4 Å². The molecule has 1 unspecified atom stereocenters. The fraction of sp³-hybridized carbons (Fsp3) is 0.500. The van der Waals surface area contributed by atoms with Crippen LogP contribution in [0.2, 0.25) is 0 Å². The normalized spacial score (nSPS) is 24.0. The molecule has 1 aromatic rings. The Balaban J connectivity index is 1.88. The van der Waals surface area contributed by atoms with E-state index in [9.17, 15) is 18.3 Å². The number of benzene rings is 1. The summed E-state index contributed by atoms with van der Waals surface area (Å²) in [5.74, 6) is 0.0532. The molecule has 2 aliphatic heterocycles. The third-order valence-corrected chi connectivity index (χ3v) is 4.06. The molecule has 120 valence electrons. The van der Waals surface area contributed by atoms with Crippen LogP contribution >= 0.6 is 0 Å². The maximum absolute atomic E-state index is 12.5. The summed E-state index contributed by atoms with van der Waals surface area (Å²) in [6, 6.07) is 5.85. The van der Waals surface area contributed by atoms with Gasteiger partial charge in [-0.3, -0.25) is 5.32 Å². The van der Waals surface area contributed by atoms with E-state index in [0.29, 0.717) is 18.7 Å². The number of aliphatic hydroxyl groups excluding tert-OH is 1. The van der Waals surface area contributed by atoms with E-state index in [1.165, 1.54) is 18.2 Å². The first-order valence-electron chi connectivity index (χ1n) is 7.05. The van der Waals surface area contributed by atoms with Gasteiger partial charge in [-0.2, -0.15) is 0 Å². The quantitative estimate of drug-likeness (QED) is 0.591. The van der Waals surface area contributed by atoms with Gasteiger partial charge in [0.15, 0.2) is 5.54 Å². The molecule has 0 bridgehead atoms. The zero-order valence-electron chi connectivity index (χ0n) is 11.7. The minimum absolute atomic E-state index is 0.245. The molecule has 0 aliphatic carbocycles. The molecule has 0 saturated carbocycles. The maximum atomic E-state index is 12.5. The van der Waals surface area contributed by atoms with Crippen LogP contribution in [0.15, 0.2) is 24.3 Å². The second kappa shape index (κ2) is 5.44. The van der Waals surface area contributed by atoms with Gasteiger partial charge in [0, 0.05) is 12.8 Å². The van der Waals surface area contributed by atoms with Gasteiger partial charge in [-0.15, -0.1) is 13.2 Å². The highest BCUT2D eigenvalue weighted by atomic mass is 19.4. The summed E-state index contributed by atoms with van der Waals surface area (Å²) < 4.78 is 41.6. The van der Waals surface area contributed by atoms with Crippen LogP contribution in [0.3, 0.4) is 0 Å². The summed E-state index contributed by atoms with van der Waals surface area (Å²) in [4.78, 5) is 2.84. The number of rotatable bonds is 2. The highest BCUT2D eigenvalue weighted by molar-refractivity contribution is 5.98. The number of amidine groups is 1. The van der Waals surface area contributed by atoms with E-state index in [0.717, 1.165) is 13.1 Å². The zero-order valence-corrected chi connectivity index (χ0v) is 11.7. The monoisotopic (exact) mass is 316 g/mol. The number of halogens is 3. The van der Waals surface area contributed by atoms with Crippen molar-refractivity contribution in [2.75, 3.05) is 13.1 Å². The molecule has 8 heteroatoms. The molecule has 1 aromatic carbocycles. The average molecular weight is 316 g/mol. The summed E-state index contributed by atoms with van der Waals surface area (Å²) in [6.07, 6.45) is -4.27. The first-order chi connectivity index (χ1) is 10.4. The van der Waals surface area contributed by atoms with Gasteiger partial charge < -0.3 is 15.2 Å². The van der Waals surface area contributed by atoms with E-state index in [2.05, 4.69) is 20.4 Å². The fourth-order valence-corrected chi connectivity index (χ4v) is 2.93. The summed E-state index contributed by atoms with van der Waals surface area (Å²) in [7, 11) is 0. The minimum Gasteiger partial charge on any atom is -0.405 e. The third-order valence-electron chi connectivity index (χ3n) is 4.06. The van der Waals surface area contributed by atoms with Crippen molar-refractivity contribution in [1.82, 2.24) is 10.6 Å². The summed E-state index contributed by atoms with van der Waals surface area (Å²) in [5, 5.41) is 16.6. The number of ether oxygens (including phenoxy) is 1. The van der Waals surface area contributed by atoms with Crippen LogP contribution in [-0.4, -0.2) is 42.2 Å². The number of para-hydroxylation sites is 1. The van der Waals surface area contributed by atoms with E-state index < -0.39 is 18.1 Å². The molecule has 1 fully saturated rings. The maximum Gasteiger partial charge on any atom is 0.573 e. The Kier molecular flexibility index (Phi) is 3.73. The molecule has 0 radical (unpaired) electrons. The van der Waals surface area contributed by atoms with Gasteiger partial charge in [-0.1, -0.05) is 12.1 Å². The highest BCUT2D eigenvalue weighted by Gasteiger charge is 2.51. The van der Waals surface area contributed by atoms with E-state index in [-0.39, 0.29) is 11.3 Å².